The Morgan fingerprint density at radius 2 is 1.13 bits per heavy atom. The molecule has 0 radical (unpaired) electrons. The van der Waals surface area contributed by atoms with E-state index in [2.05, 4.69) is 19.1 Å². The number of carbonyl (C=O) groups is 3. The minimum Gasteiger partial charge on any atom is -0.550 e. The van der Waals surface area contributed by atoms with Crippen LogP contribution in [0.4, 0.5) is 0 Å². The van der Waals surface area contributed by atoms with Crippen LogP contribution in [0.2, 0.25) is 0 Å². The van der Waals surface area contributed by atoms with Gasteiger partial charge in [0.05, 0.1) is 39.0 Å². The van der Waals surface area contributed by atoms with Crippen LogP contribution < -0.4 is 5.11 Å². The van der Waals surface area contributed by atoms with Crippen molar-refractivity contribution < 1.29 is 34.2 Å². The third-order valence-corrected chi connectivity index (χ3v) is 5.70. The Morgan fingerprint density at radius 1 is 0.677 bits per heavy atom. The standard InChI is InChI=1S/C24H43NO6/c1-2-3-4-5-6-7-8-9-10-11-18-25(19-12-15-22(26)27,20-13-16-23(28)29)21-14-17-24(30)31/h7-8H,2-6,9-21H2,1H3,(H2-,26,27,28,29,30,31)/b8-7+. The van der Waals surface area contributed by atoms with E-state index in [9.17, 15) is 19.5 Å². The molecule has 7 nitrogen and oxygen atoms in total. The number of carboxylic acids is 3. The number of carboxylic acid groups (broad SMARTS) is 3. The quantitative estimate of drug-likeness (QED) is 0.150. The third kappa shape index (κ3) is 18.6. The van der Waals surface area contributed by atoms with Crippen LogP contribution in [0.5, 0.6) is 0 Å². The lowest BCUT2D eigenvalue weighted by Gasteiger charge is -2.39. The summed E-state index contributed by atoms with van der Waals surface area (Å²) in [4.78, 5) is 32.8. The van der Waals surface area contributed by atoms with Gasteiger partial charge >= 0.3 is 11.9 Å². The molecular formula is C24H43NO6. The summed E-state index contributed by atoms with van der Waals surface area (Å²) in [5.41, 5.74) is 0. The molecule has 0 aromatic rings. The SMILES string of the molecule is CCCCCC/C=C/CCCC[N+](CCCC(=O)[O-])(CCCC(=O)O)CCCC(=O)O. The molecule has 0 saturated heterocycles. The zero-order valence-electron chi connectivity index (χ0n) is 19.4. The van der Waals surface area contributed by atoms with Crippen molar-refractivity contribution in [2.75, 3.05) is 26.2 Å². The van der Waals surface area contributed by atoms with Crippen molar-refractivity contribution in [1.82, 2.24) is 0 Å². The topological polar surface area (TPSA) is 115 Å². The van der Waals surface area contributed by atoms with Gasteiger partial charge in [-0.15, -0.1) is 0 Å². The number of rotatable bonds is 22. The predicted octanol–water partition coefficient (Wildman–Crippen LogP) is 3.76. The Bertz CT molecular complexity index is 482. The normalized spacial score (nSPS) is 11.8. The van der Waals surface area contributed by atoms with Crippen LogP contribution in [0.3, 0.4) is 0 Å². The Labute approximate surface area is 187 Å². The van der Waals surface area contributed by atoms with Gasteiger partial charge in [0.1, 0.15) is 0 Å². The zero-order chi connectivity index (χ0) is 23.4. The second kappa shape index (κ2) is 18.8. The van der Waals surface area contributed by atoms with Gasteiger partial charge in [0, 0.05) is 25.2 Å². The molecule has 0 spiro atoms. The molecule has 2 N–H and O–H groups in total. The maximum atomic E-state index is 11.0. The van der Waals surface area contributed by atoms with Crippen LogP contribution in [0, 0.1) is 0 Å². The van der Waals surface area contributed by atoms with Crippen molar-refractivity contribution in [3.63, 3.8) is 0 Å². The fourth-order valence-electron chi connectivity index (χ4n) is 4.00. The molecule has 0 saturated carbocycles. The molecule has 0 heterocycles. The summed E-state index contributed by atoms with van der Waals surface area (Å²) >= 11 is 0. The summed E-state index contributed by atoms with van der Waals surface area (Å²) in [5.74, 6) is -2.77. The van der Waals surface area contributed by atoms with E-state index < -0.39 is 17.9 Å². The van der Waals surface area contributed by atoms with E-state index in [1.165, 1.54) is 25.7 Å². The second-order valence-corrected chi connectivity index (χ2v) is 8.52. The molecule has 0 aliphatic rings. The molecule has 31 heavy (non-hydrogen) atoms. The van der Waals surface area contributed by atoms with E-state index in [4.69, 9.17) is 10.2 Å². The van der Waals surface area contributed by atoms with Crippen molar-refractivity contribution in [2.45, 2.75) is 96.8 Å². The Kier molecular flexibility index (Phi) is 17.7. The Morgan fingerprint density at radius 3 is 1.58 bits per heavy atom. The van der Waals surface area contributed by atoms with E-state index in [1.807, 2.05) is 0 Å². The van der Waals surface area contributed by atoms with Gasteiger partial charge in [-0.05, 0) is 38.5 Å². The minimum atomic E-state index is -1.08. The van der Waals surface area contributed by atoms with Gasteiger partial charge in [-0.2, -0.15) is 0 Å². The van der Waals surface area contributed by atoms with Gasteiger partial charge in [-0.3, -0.25) is 9.59 Å². The zero-order valence-corrected chi connectivity index (χ0v) is 19.4. The molecule has 0 amide bonds. The van der Waals surface area contributed by atoms with Crippen molar-refractivity contribution in [2.24, 2.45) is 0 Å². The molecule has 0 aromatic carbocycles. The molecule has 0 atom stereocenters. The lowest BCUT2D eigenvalue weighted by Crippen LogP contribution is -2.51. The van der Waals surface area contributed by atoms with E-state index in [1.54, 1.807) is 0 Å². The molecule has 0 aliphatic carbocycles. The summed E-state index contributed by atoms with van der Waals surface area (Å²) < 4.78 is 0.592. The fraction of sp³-hybridized carbons (Fsp3) is 0.792. The van der Waals surface area contributed by atoms with Crippen LogP contribution in [0.15, 0.2) is 12.2 Å². The van der Waals surface area contributed by atoms with Crippen LogP contribution in [-0.4, -0.2) is 58.8 Å². The first kappa shape index (κ1) is 29.1. The third-order valence-electron chi connectivity index (χ3n) is 5.70. The molecular weight excluding hydrogens is 398 g/mol. The lowest BCUT2D eigenvalue weighted by molar-refractivity contribution is -0.929. The fourth-order valence-corrected chi connectivity index (χ4v) is 4.00. The molecule has 180 valence electrons. The number of aliphatic carboxylic acids is 3. The van der Waals surface area contributed by atoms with Gasteiger partial charge in [0.25, 0.3) is 0 Å². The second-order valence-electron chi connectivity index (χ2n) is 8.52. The van der Waals surface area contributed by atoms with Crippen LogP contribution in [0.1, 0.15) is 96.8 Å². The highest BCUT2D eigenvalue weighted by Gasteiger charge is 2.26. The number of unbranched alkanes of at least 4 members (excludes halogenated alkanes) is 6. The van der Waals surface area contributed by atoms with E-state index in [-0.39, 0.29) is 19.3 Å². The number of allylic oxidation sites excluding steroid dienone is 2. The first-order valence-corrected chi connectivity index (χ1v) is 11.9. The van der Waals surface area contributed by atoms with Gasteiger partial charge in [-0.1, -0.05) is 38.3 Å². The summed E-state index contributed by atoms with van der Waals surface area (Å²) in [7, 11) is 0. The van der Waals surface area contributed by atoms with Gasteiger partial charge in [0.2, 0.25) is 0 Å². The summed E-state index contributed by atoms with van der Waals surface area (Å²) in [6, 6.07) is 0. The van der Waals surface area contributed by atoms with Gasteiger partial charge < -0.3 is 24.6 Å². The molecule has 0 bridgehead atoms. The average Bonchev–Trinajstić information content (AvgIpc) is 2.68. The smallest absolute Gasteiger partial charge is 0.303 e. The number of hydrogen-bond acceptors (Lipinski definition) is 4. The van der Waals surface area contributed by atoms with Crippen LogP contribution in [0.25, 0.3) is 0 Å². The van der Waals surface area contributed by atoms with Crippen molar-refractivity contribution >= 4 is 17.9 Å². The molecule has 0 fully saturated rings. The first-order chi connectivity index (χ1) is 14.8. The highest BCUT2D eigenvalue weighted by Crippen LogP contribution is 2.17. The molecule has 0 aliphatic heterocycles. The Hall–Kier alpha value is -1.89. The number of carbonyl (C=O) groups excluding carboxylic acids is 1. The van der Waals surface area contributed by atoms with Crippen LogP contribution in [-0.2, 0) is 14.4 Å². The summed E-state index contributed by atoms with van der Waals surface area (Å²) in [6.45, 7) is 4.89. The maximum Gasteiger partial charge on any atom is 0.303 e. The highest BCUT2D eigenvalue weighted by molar-refractivity contribution is 5.66. The predicted molar refractivity (Wildman–Crippen MR) is 119 cm³/mol. The lowest BCUT2D eigenvalue weighted by atomic mass is 10.1. The van der Waals surface area contributed by atoms with Crippen molar-refractivity contribution in [3.05, 3.63) is 12.2 Å². The van der Waals surface area contributed by atoms with E-state index >= 15 is 0 Å². The van der Waals surface area contributed by atoms with Crippen molar-refractivity contribution in [3.8, 4) is 0 Å². The number of nitrogens with zero attached hydrogens (tertiary/aromatic N) is 1. The Balaban J connectivity index is 4.71. The summed E-state index contributed by atoms with van der Waals surface area (Å²) in [5, 5.41) is 28.8. The summed E-state index contributed by atoms with van der Waals surface area (Å²) in [6.07, 6.45) is 15.2. The largest absolute Gasteiger partial charge is 0.550 e. The monoisotopic (exact) mass is 441 g/mol. The van der Waals surface area contributed by atoms with E-state index in [0.29, 0.717) is 43.4 Å². The van der Waals surface area contributed by atoms with Crippen LogP contribution >= 0.6 is 0 Å². The van der Waals surface area contributed by atoms with Gasteiger partial charge in [0.15, 0.2) is 0 Å². The minimum absolute atomic E-state index is 0.0291. The van der Waals surface area contributed by atoms with Gasteiger partial charge in [-0.25, -0.2) is 0 Å². The van der Waals surface area contributed by atoms with E-state index in [0.717, 1.165) is 32.2 Å². The average molecular weight is 442 g/mol. The molecule has 0 aromatic heterocycles. The highest BCUT2D eigenvalue weighted by atomic mass is 16.4. The van der Waals surface area contributed by atoms with Crippen molar-refractivity contribution in [1.29, 1.82) is 0 Å². The first-order valence-electron chi connectivity index (χ1n) is 11.9. The molecule has 0 rings (SSSR count). The maximum absolute atomic E-state index is 11.0. The number of hydrogen-bond donors (Lipinski definition) is 2. The molecule has 0 unspecified atom stereocenters. The molecule has 7 heteroatoms. The number of quaternary nitrogens is 1.